The summed E-state index contributed by atoms with van der Waals surface area (Å²) in [5.74, 6) is 0. The first-order valence-corrected chi connectivity index (χ1v) is 7.82. The van der Waals surface area contributed by atoms with Crippen LogP contribution in [0.15, 0.2) is 24.3 Å². The van der Waals surface area contributed by atoms with E-state index in [4.69, 9.17) is 4.74 Å². The van der Waals surface area contributed by atoms with Crippen LogP contribution in [0.3, 0.4) is 0 Å². The standard InChI is InChI=1S/C18H31NO/c1-7-13-19-16(15-12-10-9-11-14(15)3)17(20-8-2)18(4,5)6/h9-12,16-17,19H,7-8,13H2,1-6H3. The van der Waals surface area contributed by atoms with Gasteiger partial charge in [-0.05, 0) is 43.4 Å². The van der Waals surface area contributed by atoms with Crippen molar-refractivity contribution < 1.29 is 4.74 Å². The fourth-order valence-corrected chi connectivity index (χ4v) is 2.64. The fourth-order valence-electron chi connectivity index (χ4n) is 2.64. The van der Waals surface area contributed by atoms with Crippen molar-refractivity contribution >= 4 is 0 Å². The maximum absolute atomic E-state index is 6.11. The molecular weight excluding hydrogens is 246 g/mol. The van der Waals surface area contributed by atoms with E-state index < -0.39 is 0 Å². The van der Waals surface area contributed by atoms with Gasteiger partial charge >= 0.3 is 0 Å². The summed E-state index contributed by atoms with van der Waals surface area (Å²) < 4.78 is 6.11. The van der Waals surface area contributed by atoms with Crippen molar-refractivity contribution in [3.63, 3.8) is 0 Å². The summed E-state index contributed by atoms with van der Waals surface area (Å²) in [5, 5.41) is 3.69. The molecular formula is C18H31NO. The third kappa shape index (κ3) is 4.60. The molecule has 0 amide bonds. The molecule has 2 unspecified atom stereocenters. The Kier molecular flexibility index (Phi) is 6.70. The van der Waals surface area contributed by atoms with Crippen LogP contribution < -0.4 is 5.32 Å². The minimum absolute atomic E-state index is 0.101. The van der Waals surface area contributed by atoms with E-state index in [0.717, 1.165) is 19.6 Å². The molecule has 1 aromatic rings. The van der Waals surface area contributed by atoms with Gasteiger partial charge in [-0.15, -0.1) is 0 Å². The summed E-state index contributed by atoms with van der Waals surface area (Å²) in [4.78, 5) is 0. The van der Waals surface area contributed by atoms with Crippen LogP contribution in [0.25, 0.3) is 0 Å². The van der Waals surface area contributed by atoms with Crippen molar-refractivity contribution in [3.05, 3.63) is 35.4 Å². The number of hydrogen-bond donors (Lipinski definition) is 1. The lowest BCUT2D eigenvalue weighted by Gasteiger charge is -2.38. The molecule has 1 aromatic carbocycles. The topological polar surface area (TPSA) is 21.3 Å². The van der Waals surface area contributed by atoms with Gasteiger partial charge in [-0.1, -0.05) is 52.0 Å². The normalized spacial score (nSPS) is 15.1. The van der Waals surface area contributed by atoms with Crippen LogP contribution in [-0.4, -0.2) is 19.3 Å². The summed E-state index contributed by atoms with van der Waals surface area (Å²) in [6.45, 7) is 15.0. The van der Waals surface area contributed by atoms with Crippen molar-refractivity contribution in [2.45, 2.75) is 60.1 Å². The molecule has 0 heterocycles. The van der Waals surface area contributed by atoms with Crippen molar-refractivity contribution in [1.82, 2.24) is 5.32 Å². The Morgan fingerprint density at radius 3 is 2.30 bits per heavy atom. The maximum atomic E-state index is 6.11. The van der Waals surface area contributed by atoms with Gasteiger partial charge in [0.05, 0.1) is 12.1 Å². The van der Waals surface area contributed by atoms with Crippen molar-refractivity contribution in [2.24, 2.45) is 5.41 Å². The van der Waals surface area contributed by atoms with E-state index in [1.54, 1.807) is 0 Å². The van der Waals surface area contributed by atoms with Gasteiger partial charge in [0.15, 0.2) is 0 Å². The minimum Gasteiger partial charge on any atom is -0.376 e. The average Bonchev–Trinajstić information content (AvgIpc) is 2.38. The van der Waals surface area contributed by atoms with E-state index in [0.29, 0.717) is 0 Å². The zero-order valence-corrected chi connectivity index (χ0v) is 14.0. The summed E-state index contributed by atoms with van der Waals surface area (Å²) in [5.41, 5.74) is 2.79. The molecule has 1 rings (SSSR count). The molecule has 0 saturated heterocycles. The van der Waals surface area contributed by atoms with E-state index >= 15 is 0 Å². The Labute approximate surface area is 124 Å². The molecule has 0 bridgehead atoms. The molecule has 20 heavy (non-hydrogen) atoms. The largest absolute Gasteiger partial charge is 0.376 e. The molecule has 0 aliphatic carbocycles. The first-order chi connectivity index (χ1) is 9.41. The number of rotatable bonds is 7. The zero-order valence-electron chi connectivity index (χ0n) is 14.0. The van der Waals surface area contributed by atoms with Gasteiger partial charge in [0, 0.05) is 6.61 Å². The molecule has 2 nitrogen and oxygen atoms in total. The quantitative estimate of drug-likeness (QED) is 0.793. The van der Waals surface area contributed by atoms with E-state index in [2.05, 4.69) is 71.1 Å². The van der Waals surface area contributed by atoms with Crippen LogP contribution in [0, 0.1) is 12.3 Å². The SMILES string of the molecule is CCCNC(c1ccccc1C)C(OCC)C(C)(C)C. The van der Waals surface area contributed by atoms with Gasteiger partial charge in [0.2, 0.25) is 0 Å². The molecule has 1 N–H and O–H groups in total. The molecule has 114 valence electrons. The second kappa shape index (κ2) is 7.80. The third-order valence-corrected chi connectivity index (χ3v) is 3.64. The molecule has 0 saturated carbocycles. The second-order valence-corrected chi connectivity index (χ2v) is 6.53. The predicted molar refractivity (Wildman–Crippen MR) is 87.1 cm³/mol. The molecule has 0 aliphatic rings. The van der Waals surface area contributed by atoms with Crippen LogP contribution in [0.5, 0.6) is 0 Å². The lowest BCUT2D eigenvalue weighted by molar-refractivity contribution is -0.0366. The van der Waals surface area contributed by atoms with Crippen LogP contribution in [0.1, 0.15) is 58.2 Å². The molecule has 0 fully saturated rings. The Hall–Kier alpha value is -0.860. The summed E-state index contributed by atoms with van der Waals surface area (Å²) >= 11 is 0. The van der Waals surface area contributed by atoms with Crippen LogP contribution in [0.4, 0.5) is 0 Å². The van der Waals surface area contributed by atoms with E-state index in [1.165, 1.54) is 11.1 Å². The molecule has 2 atom stereocenters. The first kappa shape index (κ1) is 17.2. The second-order valence-electron chi connectivity index (χ2n) is 6.53. The third-order valence-electron chi connectivity index (χ3n) is 3.64. The lowest BCUT2D eigenvalue weighted by atomic mass is 9.81. The highest BCUT2D eigenvalue weighted by Crippen LogP contribution is 2.34. The van der Waals surface area contributed by atoms with E-state index in [9.17, 15) is 0 Å². The predicted octanol–water partition coefficient (Wildman–Crippen LogP) is 4.49. The van der Waals surface area contributed by atoms with Gasteiger partial charge in [-0.3, -0.25) is 0 Å². The average molecular weight is 277 g/mol. The van der Waals surface area contributed by atoms with Crippen molar-refractivity contribution in [3.8, 4) is 0 Å². The molecule has 0 radical (unpaired) electrons. The van der Waals surface area contributed by atoms with Gasteiger partial charge < -0.3 is 10.1 Å². The number of ether oxygens (including phenoxy) is 1. The van der Waals surface area contributed by atoms with Crippen molar-refractivity contribution in [2.75, 3.05) is 13.2 Å². The smallest absolute Gasteiger partial charge is 0.0817 e. The highest BCUT2D eigenvalue weighted by Gasteiger charge is 2.34. The van der Waals surface area contributed by atoms with Gasteiger partial charge in [0.1, 0.15) is 0 Å². The van der Waals surface area contributed by atoms with Crippen LogP contribution in [-0.2, 0) is 4.74 Å². The highest BCUT2D eigenvalue weighted by molar-refractivity contribution is 5.30. The fraction of sp³-hybridized carbons (Fsp3) is 0.667. The number of aryl methyl sites for hydroxylation is 1. The first-order valence-electron chi connectivity index (χ1n) is 7.82. The zero-order chi connectivity index (χ0) is 15.2. The number of nitrogens with one attached hydrogen (secondary N) is 1. The summed E-state index contributed by atoms with van der Waals surface area (Å²) in [7, 11) is 0. The van der Waals surface area contributed by atoms with Gasteiger partial charge in [-0.25, -0.2) is 0 Å². The Morgan fingerprint density at radius 2 is 1.80 bits per heavy atom. The van der Waals surface area contributed by atoms with Crippen LogP contribution >= 0.6 is 0 Å². The Balaban J connectivity index is 3.12. The molecule has 2 heteroatoms. The maximum Gasteiger partial charge on any atom is 0.0817 e. The minimum atomic E-state index is 0.101. The number of hydrogen-bond acceptors (Lipinski definition) is 2. The summed E-state index contributed by atoms with van der Waals surface area (Å²) in [6.07, 6.45) is 1.30. The van der Waals surface area contributed by atoms with Crippen LogP contribution in [0.2, 0.25) is 0 Å². The van der Waals surface area contributed by atoms with E-state index in [1.807, 2.05) is 0 Å². The monoisotopic (exact) mass is 277 g/mol. The lowest BCUT2D eigenvalue weighted by Crippen LogP contribution is -2.42. The Morgan fingerprint density at radius 1 is 1.15 bits per heavy atom. The molecule has 0 aliphatic heterocycles. The van der Waals surface area contributed by atoms with Crippen molar-refractivity contribution in [1.29, 1.82) is 0 Å². The summed E-state index contributed by atoms with van der Waals surface area (Å²) in [6, 6.07) is 8.87. The highest BCUT2D eigenvalue weighted by atomic mass is 16.5. The molecule has 0 spiro atoms. The van der Waals surface area contributed by atoms with E-state index in [-0.39, 0.29) is 17.6 Å². The molecule has 0 aromatic heterocycles. The van der Waals surface area contributed by atoms with Gasteiger partial charge in [0.25, 0.3) is 0 Å². The Bertz CT molecular complexity index is 395. The number of benzene rings is 1. The van der Waals surface area contributed by atoms with Gasteiger partial charge in [-0.2, -0.15) is 0 Å².